The molecule has 0 radical (unpaired) electrons. The molecule has 0 saturated carbocycles. The minimum atomic E-state index is -0.344. The molecule has 0 unspecified atom stereocenters. The van der Waals surface area contributed by atoms with Gasteiger partial charge in [0.15, 0.2) is 11.5 Å². The molecule has 0 aliphatic rings. The Hall–Kier alpha value is -2.73. The zero-order valence-electron chi connectivity index (χ0n) is 12.4. The highest BCUT2D eigenvalue weighted by atomic mass is 35.5. The second-order valence-corrected chi connectivity index (χ2v) is 4.93. The molecule has 0 saturated heterocycles. The molecular formula is C16H16ClN3O3. The Labute approximate surface area is 138 Å². The Morgan fingerprint density at radius 2 is 2.09 bits per heavy atom. The summed E-state index contributed by atoms with van der Waals surface area (Å²) in [4.78, 5) is 11.7. The number of aromatic hydroxyl groups is 1. The van der Waals surface area contributed by atoms with Gasteiger partial charge in [-0.1, -0.05) is 29.8 Å². The fourth-order valence-electron chi connectivity index (χ4n) is 1.80. The van der Waals surface area contributed by atoms with Crippen LogP contribution < -0.4 is 15.5 Å². The molecule has 2 rings (SSSR count). The predicted molar refractivity (Wildman–Crippen MR) is 90.3 cm³/mol. The van der Waals surface area contributed by atoms with Crippen LogP contribution in [0.2, 0.25) is 5.02 Å². The zero-order valence-corrected chi connectivity index (χ0v) is 13.2. The van der Waals surface area contributed by atoms with Gasteiger partial charge in [0.25, 0.3) is 5.91 Å². The number of nitrogens with zero attached hydrogens (tertiary/aromatic N) is 1. The van der Waals surface area contributed by atoms with Crippen LogP contribution in [-0.2, 0) is 4.79 Å². The van der Waals surface area contributed by atoms with E-state index >= 15 is 0 Å². The lowest BCUT2D eigenvalue weighted by atomic mass is 10.2. The predicted octanol–water partition coefficient (Wildman–Crippen LogP) is 2.62. The molecular weight excluding hydrogens is 318 g/mol. The number of anilines is 1. The summed E-state index contributed by atoms with van der Waals surface area (Å²) in [5, 5.41) is 17.1. The van der Waals surface area contributed by atoms with Crippen LogP contribution >= 0.6 is 11.6 Å². The van der Waals surface area contributed by atoms with Crippen molar-refractivity contribution in [2.75, 3.05) is 19.0 Å². The van der Waals surface area contributed by atoms with Gasteiger partial charge in [0, 0.05) is 5.56 Å². The summed E-state index contributed by atoms with van der Waals surface area (Å²) in [5.41, 5.74) is 3.46. The summed E-state index contributed by atoms with van der Waals surface area (Å²) in [7, 11) is 1.46. The molecule has 0 spiro atoms. The number of methoxy groups -OCH3 is 1. The number of halogens is 1. The van der Waals surface area contributed by atoms with Crippen LogP contribution in [-0.4, -0.2) is 30.9 Å². The molecule has 0 bridgehead atoms. The fourth-order valence-corrected chi connectivity index (χ4v) is 2.00. The Balaban J connectivity index is 1.88. The summed E-state index contributed by atoms with van der Waals surface area (Å²) in [6.45, 7) is 0.0190. The van der Waals surface area contributed by atoms with Gasteiger partial charge in [0.2, 0.25) is 0 Å². The number of carbonyl (C=O) groups is 1. The molecule has 0 fully saturated rings. The molecule has 1 amide bonds. The SMILES string of the molecule is COc1cccc(C=NNC(=O)CNc2ccccc2Cl)c1O. The Kier molecular flexibility index (Phi) is 5.82. The highest BCUT2D eigenvalue weighted by Crippen LogP contribution is 2.27. The number of para-hydroxylation sites is 2. The molecule has 2 aromatic carbocycles. The lowest BCUT2D eigenvalue weighted by Crippen LogP contribution is -2.25. The normalized spacial score (nSPS) is 10.5. The summed E-state index contributed by atoms with van der Waals surface area (Å²) in [5.74, 6) is -0.0496. The standard InChI is InChI=1S/C16H16ClN3O3/c1-23-14-8-4-5-11(16(14)22)9-19-20-15(21)10-18-13-7-3-2-6-12(13)17/h2-9,18,22H,10H2,1H3,(H,20,21). The average Bonchev–Trinajstić information content (AvgIpc) is 2.55. The summed E-state index contributed by atoms with van der Waals surface area (Å²) >= 11 is 5.97. The molecule has 0 aliphatic heterocycles. The van der Waals surface area contributed by atoms with Gasteiger partial charge in [-0.05, 0) is 24.3 Å². The van der Waals surface area contributed by atoms with Crippen LogP contribution in [0.25, 0.3) is 0 Å². The van der Waals surface area contributed by atoms with Gasteiger partial charge in [-0.15, -0.1) is 0 Å². The van der Waals surface area contributed by atoms with Crippen LogP contribution in [0.3, 0.4) is 0 Å². The van der Waals surface area contributed by atoms with Crippen LogP contribution in [0, 0.1) is 0 Å². The first-order valence-corrected chi connectivity index (χ1v) is 7.16. The van der Waals surface area contributed by atoms with E-state index in [1.807, 2.05) is 6.07 Å². The van der Waals surface area contributed by atoms with E-state index in [0.29, 0.717) is 22.0 Å². The van der Waals surface area contributed by atoms with Crippen molar-refractivity contribution in [2.24, 2.45) is 5.10 Å². The van der Waals surface area contributed by atoms with Crippen LogP contribution in [0.5, 0.6) is 11.5 Å². The quantitative estimate of drug-likeness (QED) is 0.560. The van der Waals surface area contributed by atoms with Gasteiger partial charge >= 0.3 is 0 Å². The Morgan fingerprint density at radius 1 is 1.30 bits per heavy atom. The van der Waals surface area contributed by atoms with Crippen molar-refractivity contribution in [3.63, 3.8) is 0 Å². The maximum atomic E-state index is 11.7. The van der Waals surface area contributed by atoms with Crippen LogP contribution in [0.4, 0.5) is 5.69 Å². The van der Waals surface area contributed by atoms with Crippen molar-refractivity contribution in [2.45, 2.75) is 0 Å². The van der Waals surface area contributed by atoms with E-state index < -0.39 is 0 Å². The maximum absolute atomic E-state index is 11.7. The highest BCUT2D eigenvalue weighted by molar-refractivity contribution is 6.33. The monoisotopic (exact) mass is 333 g/mol. The molecule has 0 heterocycles. The third kappa shape index (κ3) is 4.62. The number of carbonyl (C=O) groups excluding carboxylic acids is 1. The number of phenols is 1. The van der Waals surface area contributed by atoms with Crippen molar-refractivity contribution >= 4 is 29.4 Å². The van der Waals surface area contributed by atoms with Gasteiger partial charge in [0.05, 0.1) is 30.6 Å². The first kappa shape index (κ1) is 16.6. The number of amides is 1. The first-order chi connectivity index (χ1) is 11.1. The van der Waals surface area contributed by atoms with Gasteiger partial charge in [-0.3, -0.25) is 4.79 Å². The number of ether oxygens (including phenoxy) is 1. The zero-order chi connectivity index (χ0) is 16.7. The van der Waals surface area contributed by atoms with Crippen molar-refractivity contribution < 1.29 is 14.6 Å². The third-order valence-electron chi connectivity index (χ3n) is 2.96. The molecule has 2 aromatic rings. The number of hydrazone groups is 1. The lowest BCUT2D eigenvalue weighted by Gasteiger charge is -2.07. The number of rotatable bonds is 6. The van der Waals surface area contributed by atoms with Crippen LogP contribution in [0.15, 0.2) is 47.6 Å². The van der Waals surface area contributed by atoms with Gasteiger partial charge < -0.3 is 15.2 Å². The number of phenolic OH excluding ortho intramolecular Hbond substituents is 1. The highest BCUT2D eigenvalue weighted by Gasteiger charge is 2.05. The van der Waals surface area contributed by atoms with Crippen molar-refractivity contribution in [3.8, 4) is 11.5 Å². The number of nitrogens with one attached hydrogen (secondary N) is 2. The molecule has 120 valence electrons. The molecule has 0 aliphatic carbocycles. The minimum Gasteiger partial charge on any atom is -0.504 e. The van der Waals surface area contributed by atoms with E-state index in [-0.39, 0.29) is 18.2 Å². The van der Waals surface area contributed by atoms with Crippen molar-refractivity contribution in [1.82, 2.24) is 5.43 Å². The largest absolute Gasteiger partial charge is 0.504 e. The fraction of sp³-hybridized carbons (Fsp3) is 0.125. The molecule has 0 atom stereocenters. The second-order valence-electron chi connectivity index (χ2n) is 4.52. The summed E-state index contributed by atoms with van der Waals surface area (Å²) < 4.78 is 4.99. The third-order valence-corrected chi connectivity index (χ3v) is 3.29. The lowest BCUT2D eigenvalue weighted by molar-refractivity contribution is -0.119. The van der Waals surface area contributed by atoms with E-state index in [1.54, 1.807) is 36.4 Å². The van der Waals surface area contributed by atoms with E-state index in [1.165, 1.54) is 13.3 Å². The maximum Gasteiger partial charge on any atom is 0.259 e. The average molecular weight is 334 g/mol. The molecule has 23 heavy (non-hydrogen) atoms. The first-order valence-electron chi connectivity index (χ1n) is 6.78. The van der Waals surface area contributed by atoms with Crippen LogP contribution in [0.1, 0.15) is 5.56 Å². The Morgan fingerprint density at radius 3 is 2.83 bits per heavy atom. The second kappa shape index (κ2) is 8.05. The van der Waals surface area contributed by atoms with Gasteiger partial charge in [-0.25, -0.2) is 5.43 Å². The van der Waals surface area contributed by atoms with E-state index in [4.69, 9.17) is 16.3 Å². The van der Waals surface area contributed by atoms with E-state index in [9.17, 15) is 9.90 Å². The number of hydrogen-bond donors (Lipinski definition) is 3. The van der Waals surface area contributed by atoms with Gasteiger partial charge in [0.1, 0.15) is 0 Å². The molecule has 0 aromatic heterocycles. The molecule has 6 nitrogen and oxygen atoms in total. The minimum absolute atomic E-state index is 0.0190. The van der Waals surface area contributed by atoms with E-state index in [0.717, 1.165) is 0 Å². The number of benzene rings is 2. The topological polar surface area (TPSA) is 83.0 Å². The molecule has 3 N–H and O–H groups in total. The number of hydrogen-bond acceptors (Lipinski definition) is 5. The smallest absolute Gasteiger partial charge is 0.259 e. The Bertz CT molecular complexity index is 719. The van der Waals surface area contributed by atoms with Crippen molar-refractivity contribution in [1.29, 1.82) is 0 Å². The summed E-state index contributed by atoms with van der Waals surface area (Å²) in [6, 6.07) is 12.1. The molecule has 7 heteroatoms. The summed E-state index contributed by atoms with van der Waals surface area (Å²) in [6.07, 6.45) is 1.34. The van der Waals surface area contributed by atoms with Gasteiger partial charge in [-0.2, -0.15) is 5.10 Å². The van der Waals surface area contributed by atoms with E-state index in [2.05, 4.69) is 15.8 Å². The van der Waals surface area contributed by atoms with Crippen molar-refractivity contribution in [3.05, 3.63) is 53.1 Å².